The number of hydrogen-bond acceptors (Lipinski definition) is 4. The first-order valence-corrected chi connectivity index (χ1v) is 6.66. The first-order chi connectivity index (χ1) is 7.19. The molecule has 6 heteroatoms. The molecule has 1 N–H and O–H groups in total. The molecule has 0 aliphatic carbocycles. The largest absolute Gasteiger partial charge is 0.396 e. The maximum Gasteiger partial charge on any atom is 0.178 e. The highest BCUT2D eigenvalue weighted by molar-refractivity contribution is 9.13. The monoisotopic (exact) mass is 353 g/mol. The summed E-state index contributed by atoms with van der Waals surface area (Å²) < 4.78 is 7.21. The molecule has 0 saturated carbocycles. The highest BCUT2D eigenvalue weighted by atomic mass is 79.9. The number of rotatable bonds is 5. The molecule has 15 heavy (non-hydrogen) atoms. The molecule has 0 aliphatic heterocycles. The van der Waals surface area contributed by atoms with Crippen LogP contribution in [0.15, 0.2) is 14.3 Å². The van der Waals surface area contributed by atoms with Gasteiger partial charge in [0.15, 0.2) is 6.10 Å². The number of halogens is 2. The highest BCUT2D eigenvalue weighted by Crippen LogP contribution is 2.36. The lowest BCUT2D eigenvalue weighted by molar-refractivity contribution is 0.0794. The van der Waals surface area contributed by atoms with Gasteiger partial charge in [-0.1, -0.05) is 0 Å². The Balaban J connectivity index is 2.63. The molecular formula is C9H9Br2NO2S. The van der Waals surface area contributed by atoms with Gasteiger partial charge in [0.05, 0.1) is 10.4 Å². The second-order valence-corrected chi connectivity index (χ2v) is 5.98. The smallest absolute Gasteiger partial charge is 0.178 e. The van der Waals surface area contributed by atoms with Crippen molar-refractivity contribution in [3.05, 3.63) is 19.2 Å². The second-order valence-electron chi connectivity index (χ2n) is 2.73. The van der Waals surface area contributed by atoms with E-state index < -0.39 is 6.10 Å². The first-order valence-electron chi connectivity index (χ1n) is 4.26. The Labute approximate surface area is 109 Å². The molecule has 0 aromatic carbocycles. The SMILES string of the molecule is N#CC(OCCCO)c1cc(Br)c(Br)s1. The Morgan fingerprint density at radius 3 is 2.80 bits per heavy atom. The minimum atomic E-state index is -0.552. The number of aliphatic hydroxyl groups excluding tert-OH is 1. The number of ether oxygens (including phenoxy) is 1. The zero-order valence-corrected chi connectivity index (χ0v) is 11.7. The lowest BCUT2D eigenvalue weighted by Crippen LogP contribution is -2.03. The van der Waals surface area contributed by atoms with Crippen LogP contribution in [0.5, 0.6) is 0 Å². The summed E-state index contributed by atoms with van der Waals surface area (Å²) in [6, 6.07) is 3.95. The second kappa shape index (κ2) is 6.61. The molecule has 82 valence electrons. The van der Waals surface area contributed by atoms with Gasteiger partial charge in [0, 0.05) is 16.0 Å². The molecule has 0 bridgehead atoms. The van der Waals surface area contributed by atoms with Crippen molar-refractivity contribution < 1.29 is 9.84 Å². The van der Waals surface area contributed by atoms with Crippen LogP contribution in [-0.2, 0) is 4.74 Å². The molecular weight excluding hydrogens is 346 g/mol. The van der Waals surface area contributed by atoms with Gasteiger partial charge < -0.3 is 9.84 Å². The van der Waals surface area contributed by atoms with E-state index in [1.54, 1.807) is 0 Å². The third-order valence-electron chi connectivity index (χ3n) is 1.63. The van der Waals surface area contributed by atoms with E-state index in [0.717, 1.165) is 13.1 Å². The lowest BCUT2D eigenvalue weighted by atomic mass is 10.3. The van der Waals surface area contributed by atoms with E-state index in [2.05, 4.69) is 37.9 Å². The van der Waals surface area contributed by atoms with E-state index >= 15 is 0 Å². The quantitative estimate of drug-likeness (QED) is 0.826. The summed E-state index contributed by atoms with van der Waals surface area (Å²) in [5, 5.41) is 17.5. The van der Waals surface area contributed by atoms with Crippen LogP contribution >= 0.6 is 43.2 Å². The average Bonchev–Trinajstić information content (AvgIpc) is 2.54. The van der Waals surface area contributed by atoms with Crippen molar-refractivity contribution in [2.24, 2.45) is 0 Å². The minimum absolute atomic E-state index is 0.0793. The van der Waals surface area contributed by atoms with Gasteiger partial charge >= 0.3 is 0 Å². The summed E-state index contributed by atoms with van der Waals surface area (Å²) in [5.74, 6) is 0. The number of nitriles is 1. The average molecular weight is 355 g/mol. The normalized spacial score (nSPS) is 12.4. The van der Waals surface area contributed by atoms with E-state index in [4.69, 9.17) is 15.1 Å². The molecule has 0 aliphatic rings. The molecule has 0 saturated heterocycles. The molecule has 3 nitrogen and oxygen atoms in total. The van der Waals surface area contributed by atoms with E-state index in [1.165, 1.54) is 11.3 Å². The fraction of sp³-hybridized carbons (Fsp3) is 0.444. The van der Waals surface area contributed by atoms with Gasteiger partial charge in [-0.3, -0.25) is 0 Å². The van der Waals surface area contributed by atoms with Crippen LogP contribution < -0.4 is 0 Å². The van der Waals surface area contributed by atoms with Gasteiger partial charge in [-0.2, -0.15) is 5.26 Å². The molecule has 1 aromatic heterocycles. The molecule has 1 atom stereocenters. The molecule has 0 radical (unpaired) electrons. The first kappa shape index (κ1) is 13.1. The zero-order chi connectivity index (χ0) is 11.3. The van der Waals surface area contributed by atoms with Gasteiger partial charge in [-0.05, 0) is 44.3 Å². The third-order valence-corrected chi connectivity index (χ3v) is 4.93. The van der Waals surface area contributed by atoms with Gasteiger partial charge in [0.1, 0.15) is 6.07 Å². The van der Waals surface area contributed by atoms with Gasteiger partial charge in [0.25, 0.3) is 0 Å². The summed E-state index contributed by atoms with van der Waals surface area (Å²) in [7, 11) is 0. The van der Waals surface area contributed by atoms with Crippen LogP contribution in [0.3, 0.4) is 0 Å². The van der Waals surface area contributed by atoms with E-state index in [0.29, 0.717) is 13.0 Å². The highest BCUT2D eigenvalue weighted by Gasteiger charge is 2.15. The Morgan fingerprint density at radius 2 is 2.33 bits per heavy atom. The number of nitrogens with zero attached hydrogens (tertiary/aromatic N) is 1. The lowest BCUT2D eigenvalue weighted by Gasteiger charge is -2.07. The predicted molar refractivity (Wildman–Crippen MR) is 65.7 cm³/mol. The summed E-state index contributed by atoms with van der Waals surface area (Å²) in [6.45, 7) is 0.470. The number of aliphatic hydroxyl groups is 1. The molecule has 1 rings (SSSR count). The van der Waals surface area contributed by atoms with Crippen molar-refractivity contribution in [1.29, 1.82) is 5.26 Å². The Kier molecular flexibility index (Phi) is 5.79. The van der Waals surface area contributed by atoms with Crippen molar-refractivity contribution >= 4 is 43.2 Å². The summed E-state index contributed by atoms with van der Waals surface area (Å²) in [4.78, 5) is 0.856. The van der Waals surface area contributed by atoms with Crippen LogP contribution in [0.2, 0.25) is 0 Å². The number of hydrogen-bond donors (Lipinski definition) is 1. The Bertz CT molecular complexity index is 342. The standard InChI is InChI=1S/C9H9Br2NO2S/c10-6-4-8(15-9(6)11)7(5-12)14-3-1-2-13/h4,7,13H,1-3H2. The summed E-state index contributed by atoms with van der Waals surface area (Å²) >= 11 is 8.18. The van der Waals surface area contributed by atoms with Crippen LogP contribution in [-0.4, -0.2) is 18.3 Å². The van der Waals surface area contributed by atoms with Gasteiger partial charge in [0.2, 0.25) is 0 Å². The van der Waals surface area contributed by atoms with Gasteiger partial charge in [-0.25, -0.2) is 0 Å². The van der Waals surface area contributed by atoms with E-state index in [1.807, 2.05) is 6.07 Å². The molecule has 1 aromatic rings. The minimum Gasteiger partial charge on any atom is -0.396 e. The van der Waals surface area contributed by atoms with Crippen molar-refractivity contribution in [1.82, 2.24) is 0 Å². The molecule has 0 fully saturated rings. The fourth-order valence-electron chi connectivity index (χ4n) is 0.941. The van der Waals surface area contributed by atoms with Crippen LogP contribution in [0.4, 0.5) is 0 Å². The van der Waals surface area contributed by atoms with E-state index in [9.17, 15) is 0 Å². The van der Waals surface area contributed by atoms with Crippen molar-refractivity contribution in [3.8, 4) is 6.07 Å². The van der Waals surface area contributed by atoms with E-state index in [-0.39, 0.29) is 6.61 Å². The third kappa shape index (κ3) is 3.85. The van der Waals surface area contributed by atoms with Gasteiger partial charge in [-0.15, -0.1) is 11.3 Å². The maximum atomic E-state index is 8.92. The molecule has 1 heterocycles. The van der Waals surface area contributed by atoms with Crippen LogP contribution in [0.1, 0.15) is 17.4 Å². The zero-order valence-electron chi connectivity index (χ0n) is 7.74. The molecule has 0 amide bonds. The van der Waals surface area contributed by atoms with Crippen molar-refractivity contribution in [2.75, 3.05) is 13.2 Å². The maximum absolute atomic E-state index is 8.92. The number of thiophene rings is 1. The van der Waals surface area contributed by atoms with Crippen molar-refractivity contribution in [2.45, 2.75) is 12.5 Å². The van der Waals surface area contributed by atoms with Crippen molar-refractivity contribution in [3.63, 3.8) is 0 Å². The van der Waals surface area contributed by atoms with Crippen LogP contribution in [0.25, 0.3) is 0 Å². The topological polar surface area (TPSA) is 53.2 Å². The summed E-state index contributed by atoms with van der Waals surface area (Å²) in [6.07, 6.45) is -0.00420. The fourth-order valence-corrected chi connectivity index (χ4v) is 3.03. The Morgan fingerprint density at radius 1 is 1.60 bits per heavy atom. The molecule has 0 spiro atoms. The molecule has 1 unspecified atom stereocenters. The predicted octanol–water partition coefficient (Wildman–Crippen LogP) is 3.24. The summed E-state index contributed by atoms with van der Waals surface area (Å²) in [5.41, 5.74) is 0. The van der Waals surface area contributed by atoms with Crippen LogP contribution in [0, 0.1) is 11.3 Å². The Hall–Kier alpha value is 0.0700.